The van der Waals surface area contributed by atoms with E-state index in [1.807, 2.05) is 41.5 Å². The number of Topliss-reactive ketones (excluding diaryl/α,β-unsaturated/α-hetero) is 1. The lowest BCUT2D eigenvalue weighted by Gasteiger charge is -2.34. The Morgan fingerprint density at radius 3 is 1.87 bits per heavy atom. The molecule has 0 aromatic carbocycles. The maximum Gasteiger partial charge on any atom is 0.326 e. The smallest absolute Gasteiger partial charge is 0.326 e. The molecule has 1 saturated heterocycles. The molecular formula is C28H48N2O9. The molecule has 1 fully saturated rings. The highest BCUT2D eigenvalue weighted by Crippen LogP contribution is 2.22. The number of ketones is 1. The van der Waals surface area contributed by atoms with Gasteiger partial charge < -0.3 is 24.0 Å². The minimum Gasteiger partial charge on any atom is -0.466 e. The number of piperidine rings is 1. The topological polar surface area (TPSA) is 137 Å². The van der Waals surface area contributed by atoms with Crippen molar-refractivity contribution >= 4 is 35.5 Å². The number of hydrogen-bond donors (Lipinski definition) is 0. The van der Waals surface area contributed by atoms with Gasteiger partial charge in [0, 0.05) is 32.6 Å². The van der Waals surface area contributed by atoms with E-state index in [4.69, 9.17) is 14.2 Å². The zero-order chi connectivity index (χ0) is 30.4. The lowest BCUT2D eigenvalue weighted by Crippen LogP contribution is -2.51. The molecule has 0 N–H and O–H groups in total. The van der Waals surface area contributed by atoms with E-state index in [1.165, 1.54) is 4.90 Å². The summed E-state index contributed by atoms with van der Waals surface area (Å²) in [6, 6.07) is 0. The van der Waals surface area contributed by atoms with Crippen LogP contribution in [-0.2, 0) is 43.0 Å². The van der Waals surface area contributed by atoms with E-state index < -0.39 is 23.8 Å². The Morgan fingerprint density at radius 1 is 0.846 bits per heavy atom. The highest BCUT2D eigenvalue weighted by atomic mass is 16.5. The third-order valence-corrected chi connectivity index (χ3v) is 5.21. The predicted molar refractivity (Wildman–Crippen MR) is 144 cm³/mol. The molecule has 0 aromatic heterocycles. The lowest BCUT2D eigenvalue weighted by molar-refractivity contribution is -0.162. The van der Waals surface area contributed by atoms with Gasteiger partial charge in [-0.25, -0.2) is 0 Å². The van der Waals surface area contributed by atoms with Crippen LogP contribution < -0.4 is 0 Å². The van der Waals surface area contributed by atoms with Crippen LogP contribution in [0.5, 0.6) is 0 Å². The fraction of sp³-hybridized carbons (Fsp3) is 0.786. The molecule has 0 radical (unpaired) electrons. The quantitative estimate of drug-likeness (QED) is 0.214. The molecule has 11 nitrogen and oxygen atoms in total. The molecular weight excluding hydrogens is 508 g/mol. The number of carbonyl (C=O) groups is 6. The molecule has 11 heteroatoms. The number of rotatable bonds is 11. The Kier molecular flexibility index (Phi) is 15.6. The average Bonchev–Trinajstić information content (AvgIpc) is 2.78. The fourth-order valence-electron chi connectivity index (χ4n) is 3.78. The summed E-state index contributed by atoms with van der Waals surface area (Å²) in [6.07, 6.45) is 0.0521. The largest absolute Gasteiger partial charge is 0.466 e. The van der Waals surface area contributed by atoms with Gasteiger partial charge in [0.25, 0.3) is 0 Å². The number of esters is 3. The zero-order valence-electron chi connectivity index (χ0n) is 25.2. The summed E-state index contributed by atoms with van der Waals surface area (Å²) in [4.78, 5) is 73.5. The molecule has 1 rings (SSSR count). The van der Waals surface area contributed by atoms with E-state index in [1.54, 1.807) is 25.7 Å². The number of ether oxygens (including phenoxy) is 3. The predicted octanol–water partition coefficient (Wildman–Crippen LogP) is 2.78. The fourth-order valence-corrected chi connectivity index (χ4v) is 3.78. The number of amides is 2. The Hall–Kier alpha value is -2.98. The third kappa shape index (κ3) is 15.3. The van der Waals surface area contributed by atoms with E-state index in [9.17, 15) is 28.8 Å². The Morgan fingerprint density at radius 2 is 1.38 bits per heavy atom. The van der Waals surface area contributed by atoms with Crippen LogP contribution in [0.4, 0.5) is 0 Å². The van der Waals surface area contributed by atoms with Crippen molar-refractivity contribution < 1.29 is 43.0 Å². The van der Waals surface area contributed by atoms with Crippen LogP contribution in [-0.4, -0.2) is 91.3 Å². The average molecular weight is 557 g/mol. The van der Waals surface area contributed by atoms with Gasteiger partial charge >= 0.3 is 17.9 Å². The van der Waals surface area contributed by atoms with Crippen molar-refractivity contribution in [1.29, 1.82) is 0 Å². The Labute approximate surface area is 232 Å². The van der Waals surface area contributed by atoms with Gasteiger partial charge in [-0.05, 0) is 31.6 Å². The number of hydrogen-bond acceptors (Lipinski definition) is 9. The second-order valence-corrected chi connectivity index (χ2v) is 11.6. The SMILES string of the molecule is CCOC(=O)C1C(=O)CCN(CC(C)(C)C)C1=O.CCOC(=O)CCN(CC(C)(C)C)C(=O)CC(=O)OCC. The summed E-state index contributed by atoms with van der Waals surface area (Å²) in [5.41, 5.74) is -0.186. The maximum atomic E-state index is 12.1. The molecule has 1 unspecified atom stereocenters. The highest BCUT2D eigenvalue weighted by molar-refractivity contribution is 6.17. The first kappa shape index (κ1) is 36.0. The lowest BCUT2D eigenvalue weighted by atomic mass is 9.91. The molecule has 1 atom stereocenters. The first-order valence-electron chi connectivity index (χ1n) is 13.5. The highest BCUT2D eigenvalue weighted by Gasteiger charge is 2.42. The minimum atomic E-state index is -1.25. The van der Waals surface area contributed by atoms with Crippen LogP contribution in [0.1, 0.15) is 81.6 Å². The van der Waals surface area contributed by atoms with Crippen LogP contribution in [0, 0.1) is 16.7 Å². The Bertz CT molecular complexity index is 856. The molecule has 0 bridgehead atoms. The van der Waals surface area contributed by atoms with Crippen molar-refractivity contribution in [3.63, 3.8) is 0 Å². The molecule has 0 aromatic rings. The molecule has 1 aliphatic rings. The van der Waals surface area contributed by atoms with E-state index in [-0.39, 0.29) is 67.5 Å². The van der Waals surface area contributed by atoms with E-state index >= 15 is 0 Å². The second kappa shape index (κ2) is 16.9. The van der Waals surface area contributed by atoms with Crippen molar-refractivity contribution in [3.8, 4) is 0 Å². The van der Waals surface area contributed by atoms with E-state index in [0.29, 0.717) is 26.2 Å². The second-order valence-electron chi connectivity index (χ2n) is 11.6. The summed E-state index contributed by atoms with van der Waals surface area (Å²) < 4.78 is 14.4. The van der Waals surface area contributed by atoms with Gasteiger partial charge in [0.1, 0.15) is 6.42 Å². The van der Waals surface area contributed by atoms with Gasteiger partial charge in [-0.15, -0.1) is 0 Å². The molecule has 0 aliphatic carbocycles. The molecule has 0 spiro atoms. The van der Waals surface area contributed by atoms with Crippen LogP contribution in [0.25, 0.3) is 0 Å². The van der Waals surface area contributed by atoms with E-state index in [0.717, 1.165) is 0 Å². The number of carbonyl (C=O) groups excluding carboxylic acids is 6. The van der Waals surface area contributed by atoms with Crippen LogP contribution in [0.15, 0.2) is 0 Å². The normalized spacial score (nSPS) is 15.6. The first-order valence-corrected chi connectivity index (χ1v) is 13.5. The van der Waals surface area contributed by atoms with Crippen molar-refractivity contribution in [2.45, 2.75) is 81.6 Å². The number of likely N-dealkylation sites (tertiary alicyclic amines) is 1. The summed E-state index contributed by atoms with van der Waals surface area (Å²) in [7, 11) is 0. The Balaban J connectivity index is 0.000000748. The zero-order valence-corrected chi connectivity index (χ0v) is 25.2. The molecule has 1 aliphatic heterocycles. The van der Waals surface area contributed by atoms with Crippen LogP contribution >= 0.6 is 0 Å². The molecule has 39 heavy (non-hydrogen) atoms. The van der Waals surface area contributed by atoms with E-state index in [2.05, 4.69) is 0 Å². The molecule has 2 amide bonds. The summed E-state index contributed by atoms with van der Waals surface area (Å²) in [6.45, 7) is 19.4. The van der Waals surface area contributed by atoms with Crippen molar-refractivity contribution in [2.75, 3.05) is 46.0 Å². The van der Waals surface area contributed by atoms with Gasteiger partial charge in [-0.1, -0.05) is 41.5 Å². The summed E-state index contributed by atoms with van der Waals surface area (Å²) in [5.74, 6) is -3.93. The van der Waals surface area contributed by atoms with Gasteiger partial charge in [0.2, 0.25) is 11.8 Å². The molecule has 0 saturated carbocycles. The third-order valence-electron chi connectivity index (χ3n) is 5.21. The van der Waals surface area contributed by atoms with Gasteiger partial charge in [-0.2, -0.15) is 0 Å². The standard InChI is InChI=1S/C15H27NO5.C13H21NO4/c1-6-20-13(18)8-9-16(11-15(3,4)5)12(17)10-14(19)21-7-2;1-5-18-12(17)10-9(15)6-7-14(11(10)16)8-13(2,3)4/h6-11H2,1-5H3;10H,5-8H2,1-4H3. The van der Waals surface area contributed by atoms with Crippen LogP contribution in [0.3, 0.4) is 0 Å². The number of nitrogens with zero attached hydrogens (tertiary/aromatic N) is 2. The van der Waals surface area contributed by atoms with Gasteiger partial charge in [-0.3, -0.25) is 28.8 Å². The maximum absolute atomic E-state index is 12.1. The molecule has 224 valence electrons. The summed E-state index contributed by atoms with van der Waals surface area (Å²) in [5, 5.41) is 0. The van der Waals surface area contributed by atoms with Crippen molar-refractivity contribution in [2.24, 2.45) is 16.7 Å². The van der Waals surface area contributed by atoms with Gasteiger partial charge in [0.05, 0.1) is 26.2 Å². The minimum absolute atomic E-state index is 0.0603. The molecule has 1 heterocycles. The van der Waals surface area contributed by atoms with Crippen LogP contribution in [0.2, 0.25) is 0 Å². The van der Waals surface area contributed by atoms with Crippen molar-refractivity contribution in [1.82, 2.24) is 9.80 Å². The summed E-state index contributed by atoms with van der Waals surface area (Å²) >= 11 is 0. The van der Waals surface area contributed by atoms with Crippen molar-refractivity contribution in [3.05, 3.63) is 0 Å². The van der Waals surface area contributed by atoms with Gasteiger partial charge in [0.15, 0.2) is 11.7 Å². The monoisotopic (exact) mass is 556 g/mol. The first-order chi connectivity index (χ1) is 17.9.